The zero-order valence-electron chi connectivity index (χ0n) is 11.5. The number of halogens is 5. The highest BCUT2D eigenvalue weighted by molar-refractivity contribution is 9.10. The minimum Gasteiger partial charge on any atom is -0.445 e. The van der Waals surface area contributed by atoms with Crippen LogP contribution in [0.25, 0.3) is 0 Å². The first kappa shape index (κ1) is 17.3. The topological polar surface area (TPSA) is 38.3 Å². The Morgan fingerprint density at radius 1 is 1.00 bits per heavy atom. The van der Waals surface area contributed by atoms with Crippen LogP contribution in [0.15, 0.2) is 34.8 Å². The van der Waals surface area contributed by atoms with Gasteiger partial charge in [0.15, 0.2) is 23.3 Å². The molecule has 122 valence electrons. The van der Waals surface area contributed by atoms with Crippen LogP contribution in [0.1, 0.15) is 11.1 Å². The Kier molecular flexibility index (Phi) is 5.59. The van der Waals surface area contributed by atoms with E-state index < -0.39 is 45.9 Å². The van der Waals surface area contributed by atoms with Crippen molar-refractivity contribution in [2.24, 2.45) is 0 Å². The first-order valence-corrected chi connectivity index (χ1v) is 7.16. The van der Waals surface area contributed by atoms with Gasteiger partial charge in [0, 0.05) is 5.56 Å². The van der Waals surface area contributed by atoms with Crippen LogP contribution in [0.5, 0.6) is 0 Å². The van der Waals surface area contributed by atoms with Crippen LogP contribution in [0, 0.1) is 23.3 Å². The Morgan fingerprint density at radius 3 is 2.13 bits per heavy atom. The molecule has 0 bridgehead atoms. The molecule has 0 spiro atoms. The molecule has 0 aliphatic carbocycles. The third-order valence-electron chi connectivity index (χ3n) is 2.92. The van der Waals surface area contributed by atoms with E-state index in [1.54, 1.807) is 30.3 Å². The zero-order chi connectivity index (χ0) is 17.0. The second-order valence-electron chi connectivity index (χ2n) is 4.46. The maximum Gasteiger partial charge on any atom is 0.407 e. The Labute approximate surface area is 137 Å². The summed E-state index contributed by atoms with van der Waals surface area (Å²) in [5.41, 5.74) is -0.222. The second kappa shape index (κ2) is 7.45. The molecule has 0 fully saturated rings. The summed E-state index contributed by atoms with van der Waals surface area (Å²) in [5, 5.41) is 2.03. The average Bonchev–Trinajstić information content (AvgIpc) is 2.57. The molecule has 1 amide bonds. The molecule has 0 atom stereocenters. The van der Waals surface area contributed by atoms with Crippen molar-refractivity contribution in [2.45, 2.75) is 13.2 Å². The summed E-state index contributed by atoms with van der Waals surface area (Å²) < 4.78 is 57.8. The molecule has 2 aromatic rings. The maximum atomic E-state index is 13.6. The van der Waals surface area contributed by atoms with E-state index in [0.717, 1.165) is 0 Å². The lowest BCUT2D eigenvalue weighted by Crippen LogP contribution is -2.25. The number of benzene rings is 2. The molecule has 0 aliphatic heterocycles. The van der Waals surface area contributed by atoms with E-state index in [0.29, 0.717) is 5.56 Å². The summed E-state index contributed by atoms with van der Waals surface area (Å²) in [6.07, 6.45) is -0.976. The van der Waals surface area contributed by atoms with E-state index in [1.807, 2.05) is 5.32 Å². The second-order valence-corrected chi connectivity index (χ2v) is 5.26. The molecule has 0 radical (unpaired) electrons. The number of carbonyl (C=O) groups excluding carboxylic acids is 1. The molecule has 3 nitrogen and oxygen atoms in total. The Balaban J connectivity index is 2.00. The van der Waals surface area contributed by atoms with Gasteiger partial charge in [0.1, 0.15) is 6.61 Å². The Hall–Kier alpha value is -2.09. The van der Waals surface area contributed by atoms with Crippen LogP contribution in [0.3, 0.4) is 0 Å². The monoisotopic (exact) mass is 391 g/mol. The number of amides is 1. The molecule has 23 heavy (non-hydrogen) atoms. The van der Waals surface area contributed by atoms with Crippen molar-refractivity contribution in [3.63, 3.8) is 0 Å². The summed E-state index contributed by atoms with van der Waals surface area (Å²) in [5.74, 6) is -6.31. The van der Waals surface area contributed by atoms with E-state index >= 15 is 0 Å². The number of hydrogen-bond acceptors (Lipinski definition) is 2. The fraction of sp³-hybridized carbons (Fsp3) is 0.133. The molecule has 0 unspecified atom stereocenters. The van der Waals surface area contributed by atoms with Crippen LogP contribution < -0.4 is 5.32 Å². The van der Waals surface area contributed by atoms with Gasteiger partial charge in [-0.15, -0.1) is 0 Å². The summed E-state index contributed by atoms with van der Waals surface area (Å²) in [6.45, 7) is -0.812. The number of carbonyl (C=O) groups is 1. The molecule has 0 saturated carbocycles. The molecule has 0 aliphatic rings. The van der Waals surface area contributed by atoms with Crippen molar-refractivity contribution in [3.8, 4) is 0 Å². The first-order chi connectivity index (χ1) is 10.9. The Morgan fingerprint density at radius 2 is 1.57 bits per heavy atom. The first-order valence-electron chi connectivity index (χ1n) is 6.36. The molecule has 0 aromatic heterocycles. The molecule has 1 N–H and O–H groups in total. The molecule has 8 heteroatoms. The van der Waals surface area contributed by atoms with E-state index in [4.69, 9.17) is 4.74 Å². The van der Waals surface area contributed by atoms with Gasteiger partial charge in [-0.3, -0.25) is 0 Å². The molecule has 0 saturated heterocycles. The van der Waals surface area contributed by atoms with Gasteiger partial charge in [0.2, 0.25) is 0 Å². The third-order valence-corrected chi connectivity index (χ3v) is 3.62. The van der Waals surface area contributed by atoms with Crippen molar-refractivity contribution in [1.29, 1.82) is 0 Å². The summed E-state index contributed by atoms with van der Waals surface area (Å²) in [7, 11) is 0. The van der Waals surface area contributed by atoms with Crippen LogP contribution in [0.4, 0.5) is 22.4 Å². The van der Waals surface area contributed by atoms with Crippen molar-refractivity contribution in [1.82, 2.24) is 5.32 Å². The predicted molar refractivity (Wildman–Crippen MR) is 77.4 cm³/mol. The van der Waals surface area contributed by atoms with E-state index in [9.17, 15) is 22.4 Å². The summed E-state index contributed by atoms with van der Waals surface area (Å²) in [6, 6.07) is 8.70. The predicted octanol–water partition coefficient (Wildman–Crippen LogP) is 4.43. The van der Waals surface area contributed by atoms with Gasteiger partial charge in [-0.25, -0.2) is 22.4 Å². The van der Waals surface area contributed by atoms with Gasteiger partial charge < -0.3 is 10.1 Å². The smallest absolute Gasteiger partial charge is 0.407 e. The SMILES string of the molecule is O=C(NCc1c(F)c(F)c(Br)c(F)c1F)OCc1ccccc1. The quantitative estimate of drug-likeness (QED) is 0.475. The van der Waals surface area contributed by atoms with Crippen molar-refractivity contribution >= 4 is 22.0 Å². The van der Waals surface area contributed by atoms with Crippen LogP contribution in [-0.2, 0) is 17.9 Å². The normalized spacial score (nSPS) is 10.5. The highest BCUT2D eigenvalue weighted by atomic mass is 79.9. The lowest BCUT2D eigenvalue weighted by atomic mass is 10.2. The van der Waals surface area contributed by atoms with E-state index in [-0.39, 0.29) is 6.61 Å². The highest BCUT2D eigenvalue weighted by Crippen LogP contribution is 2.28. The summed E-state index contributed by atoms with van der Waals surface area (Å²) in [4.78, 5) is 11.5. The molecule has 0 heterocycles. The largest absolute Gasteiger partial charge is 0.445 e. The fourth-order valence-corrected chi connectivity index (χ4v) is 2.09. The van der Waals surface area contributed by atoms with Gasteiger partial charge in [-0.2, -0.15) is 0 Å². The number of rotatable bonds is 4. The standard InChI is InChI=1S/C15H10BrF4NO2/c16-10-13(19)11(17)9(12(18)14(10)20)6-21-15(22)23-7-8-4-2-1-3-5-8/h1-5H,6-7H2,(H,21,22). The lowest BCUT2D eigenvalue weighted by Gasteiger charge is -2.10. The van der Waals surface area contributed by atoms with E-state index in [1.165, 1.54) is 0 Å². The van der Waals surface area contributed by atoms with Crippen molar-refractivity contribution < 1.29 is 27.1 Å². The number of nitrogens with one attached hydrogen (secondary N) is 1. The van der Waals surface area contributed by atoms with Gasteiger partial charge in [-0.1, -0.05) is 30.3 Å². The number of ether oxygens (including phenoxy) is 1. The fourth-order valence-electron chi connectivity index (χ4n) is 1.74. The summed E-state index contributed by atoms with van der Waals surface area (Å²) >= 11 is 2.40. The molecular formula is C15H10BrF4NO2. The third kappa shape index (κ3) is 4.01. The number of alkyl carbamates (subject to hydrolysis) is 1. The van der Waals surface area contributed by atoms with Crippen LogP contribution in [0.2, 0.25) is 0 Å². The van der Waals surface area contributed by atoms with E-state index in [2.05, 4.69) is 15.9 Å². The van der Waals surface area contributed by atoms with Gasteiger partial charge in [0.25, 0.3) is 0 Å². The van der Waals surface area contributed by atoms with Crippen molar-refractivity contribution in [3.05, 3.63) is 69.2 Å². The zero-order valence-corrected chi connectivity index (χ0v) is 13.1. The van der Waals surface area contributed by atoms with Gasteiger partial charge >= 0.3 is 6.09 Å². The van der Waals surface area contributed by atoms with Crippen LogP contribution in [-0.4, -0.2) is 6.09 Å². The maximum absolute atomic E-state index is 13.6. The van der Waals surface area contributed by atoms with Crippen molar-refractivity contribution in [2.75, 3.05) is 0 Å². The Bertz CT molecular complexity index is 696. The van der Waals surface area contributed by atoms with Gasteiger partial charge in [-0.05, 0) is 21.5 Å². The van der Waals surface area contributed by atoms with Crippen LogP contribution >= 0.6 is 15.9 Å². The van der Waals surface area contributed by atoms with Gasteiger partial charge in [0.05, 0.1) is 11.0 Å². The molecule has 2 rings (SSSR count). The highest BCUT2D eigenvalue weighted by Gasteiger charge is 2.24. The minimum atomic E-state index is -1.58. The average molecular weight is 392 g/mol. The lowest BCUT2D eigenvalue weighted by molar-refractivity contribution is 0.139. The number of hydrogen-bond donors (Lipinski definition) is 1. The molecule has 2 aromatic carbocycles. The molecular weight excluding hydrogens is 382 g/mol. The minimum absolute atomic E-state index is 0.0549.